The van der Waals surface area contributed by atoms with E-state index < -0.39 is 12.6 Å². The molecule has 0 bridgehead atoms. The zero-order chi connectivity index (χ0) is 22.8. The smallest absolute Gasteiger partial charge is 0.341 e. The van der Waals surface area contributed by atoms with E-state index >= 15 is 0 Å². The predicted molar refractivity (Wildman–Crippen MR) is 114 cm³/mol. The largest absolute Gasteiger partial charge is 0.493 e. The number of rotatable bonds is 7. The first kappa shape index (κ1) is 20.9. The van der Waals surface area contributed by atoms with E-state index in [2.05, 4.69) is 15.3 Å². The Bertz CT molecular complexity index is 1350. The van der Waals surface area contributed by atoms with Crippen LogP contribution in [-0.2, 0) is 4.79 Å². The van der Waals surface area contributed by atoms with Gasteiger partial charge in [-0.3, -0.25) is 4.79 Å². The summed E-state index contributed by atoms with van der Waals surface area (Å²) in [7, 11) is 3.00. The lowest BCUT2D eigenvalue weighted by molar-refractivity contribution is -0.139. The number of nitrogens with one attached hydrogen (secondary N) is 1. The van der Waals surface area contributed by atoms with Crippen LogP contribution in [0.15, 0.2) is 41.1 Å². The number of carboxylic acid groups (broad SMARTS) is 1. The van der Waals surface area contributed by atoms with Crippen LogP contribution in [0.3, 0.4) is 0 Å². The zero-order valence-corrected chi connectivity index (χ0v) is 17.5. The standard InChI is InChI=1S/C22H19N3O7/c1-11-20(21(28)23-2)13-5-4-12(6-16(13)31-11)32-22-14-7-18(30-9-19(26)27)17(29-3)8-15(14)24-10-25-22/h4-8,10H,9H2,1-3H3,(H,23,28)(H,26,27). The van der Waals surface area contributed by atoms with Gasteiger partial charge in [-0.05, 0) is 25.1 Å². The molecule has 10 heteroatoms. The third-order valence-corrected chi connectivity index (χ3v) is 4.74. The van der Waals surface area contributed by atoms with Gasteiger partial charge in [0.1, 0.15) is 23.4 Å². The summed E-state index contributed by atoms with van der Waals surface area (Å²) in [5, 5.41) is 12.7. The van der Waals surface area contributed by atoms with E-state index in [1.807, 2.05) is 0 Å². The summed E-state index contributed by atoms with van der Waals surface area (Å²) < 4.78 is 22.3. The normalized spacial score (nSPS) is 10.8. The zero-order valence-electron chi connectivity index (χ0n) is 17.5. The third kappa shape index (κ3) is 3.85. The summed E-state index contributed by atoms with van der Waals surface area (Å²) in [5.74, 6) is 0.347. The molecule has 0 radical (unpaired) electrons. The average Bonchev–Trinajstić information content (AvgIpc) is 3.11. The average molecular weight is 437 g/mol. The number of carboxylic acids is 1. The van der Waals surface area contributed by atoms with Crippen LogP contribution in [0, 0.1) is 6.92 Å². The fraction of sp³-hybridized carbons (Fsp3) is 0.182. The van der Waals surface area contributed by atoms with Crippen molar-refractivity contribution in [3.05, 3.63) is 48.0 Å². The number of aryl methyl sites for hydroxylation is 1. The van der Waals surface area contributed by atoms with Gasteiger partial charge in [0.25, 0.3) is 5.91 Å². The van der Waals surface area contributed by atoms with E-state index in [4.69, 9.17) is 23.7 Å². The molecule has 0 aliphatic heterocycles. The fourth-order valence-electron chi connectivity index (χ4n) is 3.32. The summed E-state index contributed by atoms with van der Waals surface area (Å²) in [5.41, 5.74) is 1.48. The quantitative estimate of drug-likeness (QED) is 0.447. The highest BCUT2D eigenvalue weighted by Crippen LogP contribution is 2.37. The molecule has 4 aromatic rings. The lowest BCUT2D eigenvalue weighted by Crippen LogP contribution is -2.18. The molecule has 0 fully saturated rings. The number of hydrogen-bond donors (Lipinski definition) is 2. The molecule has 0 saturated heterocycles. The summed E-state index contributed by atoms with van der Waals surface area (Å²) in [6, 6.07) is 8.26. The number of methoxy groups -OCH3 is 1. The van der Waals surface area contributed by atoms with Crippen LogP contribution in [0.1, 0.15) is 16.1 Å². The monoisotopic (exact) mass is 437 g/mol. The molecule has 0 aliphatic rings. The number of carbonyl (C=O) groups excluding carboxylic acids is 1. The minimum absolute atomic E-state index is 0.217. The van der Waals surface area contributed by atoms with Crippen LogP contribution in [0.25, 0.3) is 21.9 Å². The summed E-state index contributed by atoms with van der Waals surface area (Å²) >= 11 is 0. The lowest BCUT2D eigenvalue weighted by Gasteiger charge is -2.12. The van der Waals surface area contributed by atoms with Gasteiger partial charge in [0.05, 0.1) is 23.6 Å². The Hall–Kier alpha value is -4.34. The topological polar surface area (TPSA) is 133 Å². The molecule has 1 amide bonds. The van der Waals surface area contributed by atoms with Crippen LogP contribution in [0.2, 0.25) is 0 Å². The second-order valence-corrected chi connectivity index (χ2v) is 6.75. The number of nitrogens with zero attached hydrogens (tertiary/aromatic N) is 2. The van der Waals surface area contributed by atoms with Crippen molar-refractivity contribution in [2.45, 2.75) is 6.92 Å². The number of carbonyl (C=O) groups is 2. The van der Waals surface area contributed by atoms with Crippen molar-refractivity contribution < 1.29 is 33.3 Å². The SMILES string of the molecule is CNC(=O)c1c(C)oc2cc(Oc3ncnc4cc(OC)c(OCC(=O)O)cc34)ccc12. The van der Waals surface area contributed by atoms with Crippen LogP contribution in [-0.4, -0.2) is 47.7 Å². The Labute approximate surface area is 181 Å². The molecular weight excluding hydrogens is 418 g/mol. The molecule has 0 unspecified atom stereocenters. The third-order valence-electron chi connectivity index (χ3n) is 4.74. The molecule has 2 aromatic heterocycles. The molecule has 4 rings (SSSR count). The van der Waals surface area contributed by atoms with Gasteiger partial charge in [-0.25, -0.2) is 14.8 Å². The first-order valence-corrected chi connectivity index (χ1v) is 9.51. The highest BCUT2D eigenvalue weighted by atomic mass is 16.5. The van der Waals surface area contributed by atoms with Gasteiger partial charge in [0.15, 0.2) is 18.1 Å². The predicted octanol–water partition coefficient (Wildman–Crippen LogP) is 3.31. The number of aliphatic carboxylic acids is 1. The van der Waals surface area contributed by atoms with Gasteiger partial charge in [-0.1, -0.05) is 0 Å². The molecule has 10 nitrogen and oxygen atoms in total. The Morgan fingerprint density at radius 1 is 1.12 bits per heavy atom. The number of aromatic nitrogens is 2. The summed E-state index contributed by atoms with van der Waals surface area (Å²) in [6.45, 7) is 1.18. The number of amides is 1. The van der Waals surface area contributed by atoms with E-state index in [9.17, 15) is 9.59 Å². The van der Waals surface area contributed by atoms with Crippen LogP contribution in [0.5, 0.6) is 23.1 Å². The van der Waals surface area contributed by atoms with Crippen molar-refractivity contribution in [2.24, 2.45) is 0 Å². The molecule has 2 heterocycles. The van der Waals surface area contributed by atoms with Crippen molar-refractivity contribution in [2.75, 3.05) is 20.8 Å². The second kappa shape index (κ2) is 8.42. The van der Waals surface area contributed by atoms with Gasteiger partial charge in [0.2, 0.25) is 5.88 Å². The molecule has 164 valence electrons. The first-order chi connectivity index (χ1) is 15.4. The Morgan fingerprint density at radius 3 is 2.66 bits per heavy atom. The number of hydrogen-bond acceptors (Lipinski definition) is 8. The van der Waals surface area contributed by atoms with Crippen LogP contribution in [0.4, 0.5) is 0 Å². The van der Waals surface area contributed by atoms with E-state index in [0.717, 1.165) is 0 Å². The number of fused-ring (bicyclic) bond motifs is 2. The molecule has 2 N–H and O–H groups in total. The van der Waals surface area contributed by atoms with Gasteiger partial charge in [0, 0.05) is 24.6 Å². The van der Waals surface area contributed by atoms with Gasteiger partial charge in [-0.15, -0.1) is 0 Å². The molecule has 0 saturated carbocycles. The van der Waals surface area contributed by atoms with Crippen molar-refractivity contribution in [3.8, 4) is 23.1 Å². The maximum absolute atomic E-state index is 12.1. The molecule has 2 aromatic carbocycles. The van der Waals surface area contributed by atoms with Gasteiger partial charge in [-0.2, -0.15) is 0 Å². The maximum atomic E-state index is 12.1. The van der Waals surface area contributed by atoms with Crippen molar-refractivity contribution in [1.82, 2.24) is 15.3 Å². The van der Waals surface area contributed by atoms with Crippen LogP contribution < -0.4 is 19.5 Å². The molecular formula is C22H19N3O7. The first-order valence-electron chi connectivity index (χ1n) is 9.51. The maximum Gasteiger partial charge on any atom is 0.341 e. The second-order valence-electron chi connectivity index (χ2n) is 6.75. The summed E-state index contributed by atoms with van der Waals surface area (Å²) in [6.07, 6.45) is 1.34. The van der Waals surface area contributed by atoms with Gasteiger partial charge >= 0.3 is 5.97 Å². The molecule has 0 aliphatic carbocycles. The Kier molecular flexibility index (Phi) is 5.50. The van der Waals surface area contributed by atoms with Crippen LogP contribution >= 0.6 is 0 Å². The molecule has 0 spiro atoms. The molecule has 0 atom stereocenters. The van der Waals surface area contributed by atoms with Gasteiger partial charge < -0.3 is 29.1 Å². The number of furan rings is 1. The highest BCUT2D eigenvalue weighted by Gasteiger charge is 2.19. The fourth-order valence-corrected chi connectivity index (χ4v) is 3.32. The molecule has 32 heavy (non-hydrogen) atoms. The van der Waals surface area contributed by atoms with E-state index in [-0.39, 0.29) is 17.5 Å². The number of ether oxygens (including phenoxy) is 3. The number of benzene rings is 2. The highest BCUT2D eigenvalue weighted by molar-refractivity contribution is 6.07. The van der Waals surface area contributed by atoms with E-state index in [1.165, 1.54) is 13.4 Å². The van der Waals surface area contributed by atoms with Crippen molar-refractivity contribution in [3.63, 3.8) is 0 Å². The summed E-state index contributed by atoms with van der Waals surface area (Å²) in [4.78, 5) is 31.4. The Morgan fingerprint density at radius 2 is 1.94 bits per heavy atom. The van der Waals surface area contributed by atoms with E-state index in [1.54, 1.807) is 44.3 Å². The van der Waals surface area contributed by atoms with Crippen molar-refractivity contribution in [1.29, 1.82) is 0 Å². The lowest BCUT2D eigenvalue weighted by atomic mass is 10.1. The minimum Gasteiger partial charge on any atom is -0.493 e. The van der Waals surface area contributed by atoms with Crippen molar-refractivity contribution >= 4 is 33.7 Å². The van der Waals surface area contributed by atoms with E-state index in [0.29, 0.717) is 44.7 Å². The Balaban J connectivity index is 1.73. The minimum atomic E-state index is -1.12.